The van der Waals surface area contributed by atoms with Crippen LogP contribution in [-0.4, -0.2) is 0 Å². The largest absolute Gasteiger partial charge is 0.457 e. The van der Waals surface area contributed by atoms with Gasteiger partial charge in [0.2, 0.25) is 0 Å². The van der Waals surface area contributed by atoms with Crippen molar-refractivity contribution in [2.24, 2.45) is 5.73 Å². The molecule has 0 spiro atoms. The lowest BCUT2D eigenvalue weighted by molar-refractivity contribution is 0.481. The third-order valence-electron chi connectivity index (χ3n) is 3.18. The van der Waals surface area contributed by atoms with Crippen LogP contribution >= 0.6 is 0 Å². The predicted octanol–water partition coefficient (Wildman–Crippen LogP) is 4.51. The van der Waals surface area contributed by atoms with Gasteiger partial charge < -0.3 is 10.5 Å². The summed E-state index contributed by atoms with van der Waals surface area (Å²) in [4.78, 5) is 0. The van der Waals surface area contributed by atoms with Gasteiger partial charge in [0.1, 0.15) is 11.5 Å². The second-order valence-corrected chi connectivity index (χ2v) is 5.01. The summed E-state index contributed by atoms with van der Waals surface area (Å²) < 4.78 is 5.87. The monoisotopic (exact) mass is 255 g/mol. The Kier molecular flexibility index (Phi) is 4.23. The number of hydrogen-bond acceptors (Lipinski definition) is 2. The van der Waals surface area contributed by atoms with Crippen molar-refractivity contribution in [2.75, 3.05) is 0 Å². The Bertz CT molecular complexity index is 525. The average Bonchev–Trinajstić information content (AvgIpc) is 2.37. The molecule has 0 radical (unpaired) electrons. The van der Waals surface area contributed by atoms with E-state index >= 15 is 0 Å². The lowest BCUT2D eigenvalue weighted by atomic mass is 10.1. The Morgan fingerprint density at radius 3 is 2.05 bits per heavy atom. The number of benzene rings is 2. The highest BCUT2D eigenvalue weighted by Gasteiger charge is 2.04. The number of nitrogens with two attached hydrogens (primary N) is 1. The van der Waals surface area contributed by atoms with Gasteiger partial charge in [-0.25, -0.2) is 0 Å². The van der Waals surface area contributed by atoms with Gasteiger partial charge >= 0.3 is 0 Å². The molecular weight excluding hydrogens is 234 g/mol. The summed E-state index contributed by atoms with van der Waals surface area (Å²) >= 11 is 0. The smallest absolute Gasteiger partial charge is 0.127 e. The summed E-state index contributed by atoms with van der Waals surface area (Å²) in [5.74, 6) is 1.72. The van der Waals surface area contributed by atoms with E-state index in [1.54, 1.807) is 0 Å². The molecule has 0 saturated heterocycles. The molecule has 0 aliphatic rings. The van der Waals surface area contributed by atoms with Crippen molar-refractivity contribution >= 4 is 0 Å². The van der Waals surface area contributed by atoms with Crippen LogP contribution in [-0.2, 0) is 0 Å². The molecule has 0 fully saturated rings. The van der Waals surface area contributed by atoms with Crippen LogP contribution in [0.5, 0.6) is 11.5 Å². The number of hydrogen-bond donors (Lipinski definition) is 1. The zero-order chi connectivity index (χ0) is 13.8. The zero-order valence-electron chi connectivity index (χ0n) is 11.8. The van der Waals surface area contributed by atoms with Crippen molar-refractivity contribution in [3.05, 3.63) is 59.2 Å². The van der Waals surface area contributed by atoms with Crippen LogP contribution in [0.15, 0.2) is 42.5 Å². The van der Waals surface area contributed by atoms with E-state index < -0.39 is 0 Å². The first kappa shape index (κ1) is 13.6. The lowest BCUT2D eigenvalue weighted by Crippen LogP contribution is -2.07. The maximum atomic E-state index is 6.00. The Hall–Kier alpha value is -1.80. The van der Waals surface area contributed by atoms with E-state index in [0.29, 0.717) is 0 Å². The molecule has 0 aliphatic carbocycles. The second kappa shape index (κ2) is 5.89. The van der Waals surface area contributed by atoms with Gasteiger partial charge in [0, 0.05) is 6.04 Å². The molecule has 0 heterocycles. The quantitative estimate of drug-likeness (QED) is 0.872. The summed E-state index contributed by atoms with van der Waals surface area (Å²) in [5.41, 5.74) is 9.56. The van der Waals surface area contributed by atoms with Crippen molar-refractivity contribution in [3.63, 3.8) is 0 Å². The van der Waals surface area contributed by atoms with Crippen LogP contribution in [0, 0.1) is 13.8 Å². The number of aryl methyl sites for hydroxylation is 2. The van der Waals surface area contributed by atoms with Crippen molar-refractivity contribution in [2.45, 2.75) is 33.2 Å². The molecule has 19 heavy (non-hydrogen) atoms. The summed E-state index contributed by atoms with van der Waals surface area (Å²) in [6, 6.07) is 14.3. The maximum absolute atomic E-state index is 6.00. The molecule has 2 aromatic carbocycles. The molecule has 0 bridgehead atoms. The molecule has 2 aromatic rings. The molecule has 2 nitrogen and oxygen atoms in total. The van der Waals surface area contributed by atoms with E-state index in [4.69, 9.17) is 10.5 Å². The van der Waals surface area contributed by atoms with Gasteiger partial charge in [-0.05, 0) is 61.2 Å². The van der Waals surface area contributed by atoms with Crippen LogP contribution in [0.1, 0.15) is 36.1 Å². The third kappa shape index (κ3) is 3.58. The van der Waals surface area contributed by atoms with E-state index in [2.05, 4.69) is 26.8 Å². The SMILES string of the molecule is CCC(N)c1ccc(Oc2cc(C)cc(C)c2)cc1. The fourth-order valence-electron chi connectivity index (χ4n) is 2.15. The molecule has 2 rings (SSSR count). The Labute approximate surface area is 115 Å². The summed E-state index contributed by atoms with van der Waals surface area (Å²) in [6.07, 6.45) is 0.942. The van der Waals surface area contributed by atoms with Crippen LogP contribution in [0.3, 0.4) is 0 Å². The minimum absolute atomic E-state index is 0.107. The standard InChI is InChI=1S/C17H21NO/c1-4-17(18)14-5-7-15(8-6-14)19-16-10-12(2)9-13(3)11-16/h5-11,17H,4,18H2,1-3H3. The van der Waals surface area contributed by atoms with Crippen molar-refractivity contribution in [1.82, 2.24) is 0 Å². The Morgan fingerprint density at radius 2 is 1.53 bits per heavy atom. The first-order valence-electron chi connectivity index (χ1n) is 6.70. The highest BCUT2D eigenvalue weighted by Crippen LogP contribution is 2.25. The highest BCUT2D eigenvalue weighted by atomic mass is 16.5. The van der Waals surface area contributed by atoms with E-state index in [1.165, 1.54) is 11.1 Å². The number of ether oxygens (including phenoxy) is 1. The molecule has 2 N–H and O–H groups in total. The van der Waals surface area contributed by atoms with Crippen molar-refractivity contribution in [3.8, 4) is 11.5 Å². The highest BCUT2D eigenvalue weighted by molar-refractivity contribution is 5.38. The summed E-state index contributed by atoms with van der Waals surface area (Å²) in [7, 11) is 0. The first-order valence-corrected chi connectivity index (χ1v) is 6.70. The van der Waals surface area contributed by atoms with Crippen molar-refractivity contribution < 1.29 is 4.74 Å². The molecule has 2 heteroatoms. The molecular formula is C17H21NO. The fraction of sp³-hybridized carbons (Fsp3) is 0.294. The number of rotatable bonds is 4. The Morgan fingerprint density at radius 1 is 0.947 bits per heavy atom. The predicted molar refractivity (Wildman–Crippen MR) is 79.7 cm³/mol. The summed E-state index contributed by atoms with van der Waals surface area (Å²) in [5, 5.41) is 0. The van der Waals surface area contributed by atoms with Gasteiger partial charge in [0.25, 0.3) is 0 Å². The van der Waals surface area contributed by atoms with Gasteiger partial charge in [-0.1, -0.05) is 25.1 Å². The van der Waals surface area contributed by atoms with Gasteiger partial charge in [0.15, 0.2) is 0 Å². The van der Waals surface area contributed by atoms with Crippen molar-refractivity contribution in [1.29, 1.82) is 0 Å². The summed E-state index contributed by atoms with van der Waals surface area (Å²) in [6.45, 7) is 6.23. The normalized spacial score (nSPS) is 12.2. The molecule has 0 amide bonds. The topological polar surface area (TPSA) is 35.2 Å². The van der Waals surface area contributed by atoms with E-state index in [0.717, 1.165) is 23.5 Å². The van der Waals surface area contributed by atoms with Gasteiger partial charge in [-0.15, -0.1) is 0 Å². The minimum Gasteiger partial charge on any atom is -0.457 e. The molecule has 0 aromatic heterocycles. The minimum atomic E-state index is 0.107. The van der Waals surface area contributed by atoms with Crippen LogP contribution in [0.4, 0.5) is 0 Å². The van der Waals surface area contributed by atoms with E-state index in [-0.39, 0.29) is 6.04 Å². The lowest BCUT2D eigenvalue weighted by Gasteiger charge is -2.11. The van der Waals surface area contributed by atoms with Crippen LogP contribution in [0.25, 0.3) is 0 Å². The van der Waals surface area contributed by atoms with E-state index in [1.807, 2.05) is 36.4 Å². The fourth-order valence-corrected chi connectivity index (χ4v) is 2.15. The van der Waals surface area contributed by atoms with Gasteiger partial charge in [-0.3, -0.25) is 0 Å². The molecule has 0 saturated carbocycles. The molecule has 0 aliphatic heterocycles. The maximum Gasteiger partial charge on any atom is 0.127 e. The Balaban J connectivity index is 2.15. The van der Waals surface area contributed by atoms with Gasteiger partial charge in [0.05, 0.1) is 0 Å². The van der Waals surface area contributed by atoms with Gasteiger partial charge in [-0.2, -0.15) is 0 Å². The first-order chi connectivity index (χ1) is 9.08. The van der Waals surface area contributed by atoms with Crippen LogP contribution < -0.4 is 10.5 Å². The zero-order valence-corrected chi connectivity index (χ0v) is 11.8. The second-order valence-electron chi connectivity index (χ2n) is 5.01. The average molecular weight is 255 g/mol. The third-order valence-corrected chi connectivity index (χ3v) is 3.18. The molecule has 100 valence electrons. The van der Waals surface area contributed by atoms with E-state index in [9.17, 15) is 0 Å². The molecule has 1 unspecified atom stereocenters. The molecule has 1 atom stereocenters. The van der Waals surface area contributed by atoms with Crippen LogP contribution in [0.2, 0.25) is 0 Å².